The summed E-state index contributed by atoms with van der Waals surface area (Å²) < 4.78 is 25.5. The fourth-order valence-electron chi connectivity index (χ4n) is 1.20. The van der Waals surface area contributed by atoms with Crippen LogP contribution in [0.15, 0.2) is 23.4 Å². The molecule has 1 atom stereocenters. The minimum Gasteiger partial charge on any atom is -0.392 e. The van der Waals surface area contributed by atoms with E-state index in [9.17, 15) is 13.5 Å². The average molecular weight is 232 g/mol. The lowest BCUT2D eigenvalue weighted by Crippen LogP contribution is -2.31. The van der Waals surface area contributed by atoms with Gasteiger partial charge >= 0.3 is 0 Å². The molecule has 5 nitrogen and oxygen atoms in total. The zero-order valence-corrected chi connectivity index (χ0v) is 9.42. The third-order valence-electron chi connectivity index (χ3n) is 2.01. The molecule has 0 aromatic carbocycles. The van der Waals surface area contributed by atoms with Gasteiger partial charge in [-0.2, -0.15) is 0 Å². The SMILES string of the molecule is CCCC(O)CNS(=O)(=O)c1cc[nH]c1. The van der Waals surface area contributed by atoms with Crippen molar-refractivity contribution < 1.29 is 13.5 Å². The van der Waals surface area contributed by atoms with E-state index in [2.05, 4.69) is 9.71 Å². The number of nitrogens with one attached hydrogen (secondary N) is 2. The fourth-order valence-corrected chi connectivity index (χ4v) is 2.25. The highest BCUT2D eigenvalue weighted by molar-refractivity contribution is 7.89. The van der Waals surface area contributed by atoms with Crippen molar-refractivity contribution in [2.24, 2.45) is 0 Å². The molecule has 0 aliphatic heterocycles. The van der Waals surface area contributed by atoms with Crippen LogP contribution in [-0.2, 0) is 10.0 Å². The maximum Gasteiger partial charge on any atom is 0.242 e. The van der Waals surface area contributed by atoms with E-state index in [-0.39, 0.29) is 11.4 Å². The molecule has 0 spiro atoms. The molecular weight excluding hydrogens is 216 g/mol. The van der Waals surface area contributed by atoms with E-state index in [0.29, 0.717) is 6.42 Å². The maximum absolute atomic E-state index is 11.6. The summed E-state index contributed by atoms with van der Waals surface area (Å²) in [6, 6.07) is 1.47. The van der Waals surface area contributed by atoms with Crippen molar-refractivity contribution in [1.29, 1.82) is 0 Å². The Hall–Kier alpha value is -0.850. The molecule has 1 aromatic heterocycles. The Bertz CT molecular complexity index is 372. The van der Waals surface area contributed by atoms with Crippen LogP contribution in [0.1, 0.15) is 19.8 Å². The van der Waals surface area contributed by atoms with E-state index in [1.807, 2.05) is 6.92 Å². The normalized spacial score (nSPS) is 14.0. The Morgan fingerprint density at radius 3 is 2.87 bits per heavy atom. The quantitative estimate of drug-likeness (QED) is 0.666. The Kier molecular flexibility index (Phi) is 4.31. The summed E-state index contributed by atoms with van der Waals surface area (Å²) in [5, 5.41) is 9.38. The molecule has 0 saturated carbocycles. The van der Waals surface area contributed by atoms with Gasteiger partial charge in [-0.3, -0.25) is 0 Å². The minimum atomic E-state index is -3.47. The molecule has 0 radical (unpaired) electrons. The number of aromatic nitrogens is 1. The van der Waals surface area contributed by atoms with Crippen molar-refractivity contribution in [2.45, 2.75) is 30.8 Å². The number of aliphatic hydroxyl groups excluding tert-OH is 1. The van der Waals surface area contributed by atoms with Gasteiger partial charge in [-0.05, 0) is 12.5 Å². The number of rotatable bonds is 6. The Labute approximate surface area is 89.6 Å². The molecule has 15 heavy (non-hydrogen) atoms. The standard InChI is InChI=1S/C9H16N2O3S/c1-2-3-8(12)6-11-15(13,14)9-4-5-10-7-9/h4-5,7-8,10-12H,2-3,6H2,1H3. The van der Waals surface area contributed by atoms with E-state index in [1.165, 1.54) is 18.5 Å². The van der Waals surface area contributed by atoms with Crippen LogP contribution in [0.4, 0.5) is 0 Å². The summed E-state index contributed by atoms with van der Waals surface area (Å²) in [7, 11) is -3.47. The summed E-state index contributed by atoms with van der Waals surface area (Å²) >= 11 is 0. The first kappa shape index (κ1) is 12.2. The van der Waals surface area contributed by atoms with E-state index in [0.717, 1.165) is 6.42 Å². The van der Waals surface area contributed by atoms with Crippen LogP contribution in [0.25, 0.3) is 0 Å². The van der Waals surface area contributed by atoms with Crippen molar-refractivity contribution in [3.05, 3.63) is 18.5 Å². The molecule has 1 aromatic rings. The zero-order chi connectivity index (χ0) is 11.3. The molecule has 1 heterocycles. The van der Waals surface area contributed by atoms with Gasteiger partial charge in [-0.1, -0.05) is 13.3 Å². The average Bonchev–Trinajstić information content (AvgIpc) is 2.69. The van der Waals surface area contributed by atoms with E-state index in [4.69, 9.17) is 0 Å². The summed E-state index contributed by atoms with van der Waals surface area (Å²) in [5.41, 5.74) is 0. The summed E-state index contributed by atoms with van der Waals surface area (Å²) in [5.74, 6) is 0. The Balaban J connectivity index is 2.52. The van der Waals surface area contributed by atoms with E-state index >= 15 is 0 Å². The van der Waals surface area contributed by atoms with Crippen molar-refractivity contribution in [1.82, 2.24) is 9.71 Å². The molecule has 0 amide bonds. The van der Waals surface area contributed by atoms with Gasteiger partial charge in [0.25, 0.3) is 0 Å². The third-order valence-corrected chi connectivity index (χ3v) is 3.43. The van der Waals surface area contributed by atoms with Gasteiger partial charge in [0, 0.05) is 18.9 Å². The molecular formula is C9H16N2O3S. The lowest BCUT2D eigenvalue weighted by Gasteiger charge is -2.10. The highest BCUT2D eigenvalue weighted by atomic mass is 32.2. The highest BCUT2D eigenvalue weighted by Crippen LogP contribution is 2.06. The molecule has 3 N–H and O–H groups in total. The first-order valence-electron chi connectivity index (χ1n) is 4.86. The lowest BCUT2D eigenvalue weighted by molar-refractivity contribution is 0.167. The van der Waals surface area contributed by atoms with Crippen LogP contribution in [-0.4, -0.2) is 31.2 Å². The van der Waals surface area contributed by atoms with Crippen LogP contribution in [0.2, 0.25) is 0 Å². The predicted molar refractivity (Wildman–Crippen MR) is 56.9 cm³/mol. The molecule has 0 fully saturated rings. The van der Waals surface area contributed by atoms with E-state index < -0.39 is 16.1 Å². The second kappa shape index (κ2) is 5.29. The topological polar surface area (TPSA) is 82.2 Å². The van der Waals surface area contributed by atoms with Gasteiger partial charge in [0.15, 0.2) is 0 Å². The zero-order valence-electron chi connectivity index (χ0n) is 8.60. The van der Waals surface area contributed by atoms with E-state index in [1.54, 1.807) is 0 Å². The highest BCUT2D eigenvalue weighted by Gasteiger charge is 2.15. The number of aliphatic hydroxyl groups is 1. The fraction of sp³-hybridized carbons (Fsp3) is 0.556. The molecule has 86 valence electrons. The molecule has 0 saturated heterocycles. The van der Waals surface area contributed by atoms with Crippen LogP contribution in [0.3, 0.4) is 0 Å². The minimum absolute atomic E-state index is 0.0569. The van der Waals surface area contributed by atoms with Crippen LogP contribution in [0.5, 0.6) is 0 Å². The molecule has 0 aliphatic carbocycles. The van der Waals surface area contributed by atoms with Crippen LogP contribution in [0, 0.1) is 0 Å². The molecule has 0 bridgehead atoms. The van der Waals surface area contributed by atoms with Gasteiger partial charge in [0.05, 0.1) is 11.0 Å². The van der Waals surface area contributed by atoms with Gasteiger partial charge < -0.3 is 10.1 Å². The third kappa shape index (κ3) is 3.65. The van der Waals surface area contributed by atoms with Crippen LogP contribution >= 0.6 is 0 Å². The molecule has 1 unspecified atom stereocenters. The smallest absolute Gasteiger partial charge is 0.242 e. The molecule has 1 rings (SSSR count). The second-order valence-corrected chi connectivity index (χ2v) is 5.11. The lowest BCUT2D eigenvalue weighted by atomic mass is 10.2. The first-order valence-corrected chi connectivity index (χ1v) is 6.35. The number of sulfonamides is 1. The number of aromatic amines is 1. The van der Waals surface area contributed by atoms with Crippen molar-refractivity contribution >= 4 is 10.0 Å². The van der Waals surface area contributed by atoms with Gasteiger partial charge in [0.2, 0.25) is 10.0 Å². The van der Waals surface area contributed by atoms with Crippen molar-refractivity contribution in [3.63, 3.8) is 0 Å². The number of hydrogen-bond acceptors (Lipinski definition) is 3. The number of hydrogen-bond donors (Lipinski definition) is 3. The van der Waals surface area contributed by atoms with Crippen molar-refractivity contribution in [2.75, 3.05) is 6.54 Å². The van der Waals surface area contributed by atoms with Crippen LogP contribution < -0.4 is 4.72 Å². The Morgan fingerprint density at radius 1 is 1.60 bits per heavy atom. The molecule has 0 aliphatic rings. The summed E-state index contributed by atoms with van der Waals surface area (Å²) in [6.45, 7) is 1.99. The Morgan fingerprint density at radius 2 is 2.33 bits per heavy atom. The number of H-pyrrole nitrogens is 1. The summed E-state index contributed by atoms with van der Waals surface area (Å²) in [6.07, 6.45) is 3.73. The maximum atomic E-state index is 11.6. The van der Waals surface area contributed by atoms with Gasteiger partial charge in [-0.25, -0.2) is 13.1 Å². The van der Waals surface area contributed by atoms with Gasteiger partial charge in [-0.15, -0.1) is 0 Å². The molecule has 6 heteroatoms. The predicted octanol–water partition coefficient (Wildman–Crippen LogP) is 0.454. The first-order chi connectivity index (χ1) is 7.06. The van der Waals surface area contributed by atoms with Gasteiger partial charge in [0.1, 0.15) is 0 Å². The monoisotopic (exact) mass is 232 g/mol. The van der Waals surface area contributed by atoms with Crippen molar-refractivity contribution in [3.8, 4) is 0 Å². The summed E-state index contributed by atoms with van der Waals surface area (Å²) in [4.78, 5) is 2.85. The second-order valence-electron chi connectivity index (χ2n) is 3.34. The largest absolute Gasteiger partial charge is 0.392 e.